The number of fused-ring (bicyclic) bond motifs is 1. The van der Waals surface area contributed by atoms with Crippen LogP contribution in [0.1, 0.15) is 12.0 Å². The van der Waals surface area contributed by atoms with Crippen molar-refractivity contribution in [2.45, 2.75) is 13.0 Å². The number of para-hydroxylation sites is 1. The van der Waals surface area contributed by atoms with E-state index >= 15 is 0 Å². The van der Waals surface area contributed by atoms with Gasteiger partial charge in [-0.05, 0) is 24.3 Å². The van der Waals surface area contributed by atoms with E-state index in [-0.39, 0.29) is 25.1 Å². The summed E-state index contributed by atoms with van der Waals surface area (Å²) in [5, 5.41) is 12.4. The van der Waals surface area contributed by atoms with Gasteiger partial charge in [0.05, 0.1) is 35.8 Å². The minimum atomic E-state index is -0.418. The number of pyridine rings is 1. The average molecular weight is 363 g/mol. The van der Waals surface area contributed by atoms with Gasteiger partial charge in [0.25, 0.3) is 5.56 Å². The lowest BCUT2D eigenvalue weighted by Gasteiger charge is -2.09. The van der Waals surface area contributed by atoms with Crippen molar-refractivity contribution in [2.24, 2.45) is 0 Å². The Morgan fingerprint density at radius 3 is 2.93 bits per heavy atom. The minimum absolute atomic E-state index is 0.0625. The number of esters is 1. The molecule has 2 heterocycles. The van der Waals surface area contributed by atoms with Gasteiger partial charge >= 0.3 is 5.97 Å². The molecule has 0 fully saturated rings. The first-order chi connectivity index (χ1) is 13.2. The van der Waals surface area contributed by atoms with Gasteiger partial charge < -0.3 is 10.1 Å². The molecular weight excluding hydrogens is 346 g/mol. The van der Waals surface area contributed by atoms with Gasteiger partial charge in [-0.25, -0.2) is 9.97 Å². The van der Waals surface area contributed by atoms with Crippen LogP contribution < -0.4 is 10.9 Å². The highest BCUT2D eigenvalue weighted by Gasteiger charge is 2.08. The second-order valence-corrected chi connectivity index (χ2v) is 5.67. The van der Waals surface area contributed by atoms with Gasteiger partial charge in [-0.3, -0.25) is 14.2 Å². The second kappa shape index (κ2) is 8.58. The molecule has 0 saturated heterocycles. The molecule has 8 heteroatoms. The molecule has 27 heavy (non-hydrogen) atoms. The molecule has 1 N–H and O–H groups in total. The van der Waals surface area contributed by atoms with E-state index in [1.165, 1.54) is 10.9 Å². The number of nitriles is 1. The average Bonchev–Trinajstić information content (AvgIpc) is 2.71. The zero-order valence-electron chi connectivity index (χ0n) is 14.5. The number of benzene rings is 1. The van der Waals surface area contributed by atoms with Crippen LogP contribution in [0.4, 0.5) is 5.82 Å². The molecule has 8 nitrogen and oxygen atoms in total. The number of hydrogen-bond acceptors (Lipinski definition) is 7. The van der Waals surface area contributed by atoms with Crippen LogP contribution in [-0.4, -0.2) is 33.7 Å². The van der Waals surface area contributed by atoms with E-state index in [0.29, 0.717) is 28.8 Å². The predicted octanol–water partition coefficient (Wildman–Crippen LogP) is 1.71. The summed E-state index contributed by atoms with van der Waals surface area (Å²) in [7, 11) is 0. The Hall–Kier alpha value is -3.73. The van der Waals surface area contributed by atoms with Crippen molar-refractivity contribution in [3.05, 3.63) is 64.8 Å². The topological polar surface area (TPSA) is 110 Å². The Morgan fingerprint density at radius 2 is 2.07 bits per heavy atom. The summed E-state index contributed by atoms with van der Waals surface area (Å²) >= 11 is 0. The van der Waals surface area contributed by atoms with Gasteiger partial charge in [0.15, 0.2) is 0 Å². The maximum absolute atomic E-state index is 12.3. The Labute approximate surface area is 155 Å². The molecule has 136 valence electrons. The van der Waals surface area contributed by atoms with E-state index < -0.39 is 5.97 Å². The van der Waals surface area contributed by atoms with Crippen LogP contribution in [0, 0.1) is 11.3 Å². The van der Waals surface area contributed by atoms with E-state index in [0.717, 1.165) is 0 Å². The Kier molecular flexibility index (Phi) is 5.74. The van der Waals surface area contributed by atoms with Crippen LogP contribution in [0.3, 0.4) is 0 Å². The molecule has 3 rings (SSSR count). The third-order valence-electron chi connectivity index (χ3n) is 3.87. The monoisotopic (exact) mass is 363 g/mol. The summed E-state index contributed by atoms with van der Waals surface area (Å²) in [6, 6.07) is 12.4. The van der Waals surface area contributed by atoms with E-state index in [1.54, 1.807) is 36.5 Å². The van der Waals surface area contributed by atoms with Crippen molar-refractivity contribution in [1.82, 2.24) is 14.5 Å². The zero-order valence-corrected chi connectivity index (χ0v) is 14.5. The van der Waals surface area contributed by atoms with Crippen molar-refractivity contribution in [3.63, 3.8) is 0 Å². The number of nitrogens with zero attached hydrogens (tertiary/aromatic N) is 4. The van der Waals surface area contributed by atoms with Gasteiger partial charge in [-0.1, -0.05) is 12.1 Å². The van der Waals surface area contributed by atoms with Gasteiger partial charge in [0, 0.05) is 12.7 Å². The third-order valence-corrected chi connectivity index (χ3v) is 3.87. The summed E-state index contributed by atoms with van der Waals surface area (Å²) in [6.07, 6.45) is 3.07. The first kappa shape index (κ1) is 18.1. The summed E-state index contributed by atoms with van der Waals surface area (Å²) in [5.74, 6) is 0.0308. The summed E-state index contributed by atoms with van der Waals surface area (Å²) in [5.41, 5.74) is 0.861. The van der Waals surface area contributed by atoms with Gasteiger partial charge in [0.1, 0.15) is 18.5 Å². The molecule has 0 radical (unpaired) electrons. The van der Waals surface area contributed by atoms with Crippen molar-refractivity contribution in [3.8, 4) is 6.07 Å². The van der Waals surface area contributed by atoms with Crippen LogP contribution in [0.25, 0.3) is 10.9 Å². The van der Waals surface area contributed by atoms with Crippen LogP contribution in [0.15, 0.2) is 53.7 Å². The molecule has 0 aliphatic rings. The molecule has 2 aromatic heterocycles. The summed E-state index contributed by atoms with van der Waals surface area (Å²) in [4.78, 5) is 32.5. The number of aromatic nitrogens is 3. The predicted molar refractivity (Wildman–Crippen MR) is 99.0 cm³/mol. The maximum atomic E-state index is 12.3. The molecule has 1 aromatic carbocycles. The zero-order chi connectivity index (χ0) is 19.1. The first-order valence-electron chi connectivity index (χ1n) is 8.38. The van der Waals surface area contributed by atoms with E-state index in [1.807, 2.05) is 12.1 Å². The Bertz CT molecular complexity index is 1050. The molecule has 0 unspecified atom stereocenters. The lowest BCUT2D eigenvalue weighted by atomic mass is 10.2. The number of nitrogens with one attached hydrogen (secondary N) is 1. The van der Waals surface area contributed by atoms with Crippen LogP contribution in [-0.2, 0) is 16.1 Å². The molecule has 0 aliphatic heterocycles. The molecule has 0 spiro atoms. The lowest BCUT2D eigenvalue weighted by molar-refractivity contribution is -0.143. The Morgan fingerprint density at radius 1 is 1.22 bits per heavy atom. The van der Waals surface area contributed by atoms with Crippen molar-refractivity contribution >= 4 is 22.7 Å². The van der Waals surface area contributed by atoms with Gasteiger partial charge in [-0.15, -0.1) is 0 Å². The highest BCUT2D eigenvalue weighted by molar-refractivity contribution is 5.77. The number of anilines is 1. The second-order valence-electron chi connectivity index (χ2n) is 5.67. The van der Waals surface area contributed by atoms with Crippen molar-refractivity contribution in [1.29, 1.82) is 5.26 Å². The summed E-state index contributed by atoms with van der Waals surface area (Å²) in [6.45, 7) is 0.655. The normalized spacial score (nSPS) is 10.3. The fourth-order valence-electron chi connectivity index (χ4n) is 2.52. The largest absolute Gasteiger partial charge is 0.464 e. The fraction of sp³-hybridized carbons (Fsp3) is 0.211. The van der Waals surface area contributed by atoms with Crippen molar-refractivity contribution in [2.75, 3.05) is 18.5 Å². The van der Waals surface area contributed by atoms with E-state index in [9.17, 15) is 9.59 Å². The van der Waals surface area contributed by atoms with E-state index in [4.69, 9.17) is 10.00 Å². The smallest absolute Gasteiger partial charge is 0.307 e. The number of aryl methyl sites for hydroxylation is 1. The number of hydrogen-bond donors (Lipinski definition) is 1. The number of ether oxygens (including phenoxy) is 1. The lowest BCUT2D eigenvalue weighted by Crippen LogP contribution is -2.23. The first-order valence-corrected chi connectivity index (χ1v) is 8.38. The number of rotatable bonds is 7. The minimum Gasteiger partial charge on any atom is -0.464 e. The number of carbonyl (C=O) groups is 1. The molecule has 3 aromatic rings. The standard InChI is InChI=1S/C19H17N5O3/c20-12-14-4-3-8-21-18(14)22-9-11-27-17(25)7-10-24-13-23-16-6-2-1-5-15(16)19(24)26/h1-6,8,13H,7,9-11H2,(H,21,22). The quantitative estimate of drug-likeness (QED) is 0.502. The molecule has 0 bridgehead atoms. The molecular formula is C19H17N5O3. The van der Waals surface area contributed by atoms with Gasteiger partial charge in [-0.2, -0.15) is 5.26 Å². The third kappa shape index (κ3) is 4.46. The Balaban J connectivity index is 1.47. The number of carbonyl (C=O) groups excluding carboxylic acids is 1. The molecule has 0 atom stereocenters. The van der Waals surface area contributed by atoms with Crippen molar-refractivity contribution < 1.29 is 9.53 Å². The highest BCUT2D eigenvalue weighted by atomic mass is 16.5. The molecule has 0 saturated carbocycles. The molecule has 0 amide bonds. The summed E-state index contributed by atoms with van der Waals surface area (Å²) < 4.78 is 6.54. The van der Waals surface area contributed by atoms with Gasteiger partial charge in [0.2, 0.25) is 0 Å². The fourth-order valence-corrected chi connectivity index (χ4v) is 2.52. The van der Waals surface area contributed by atoms with Crippen LogP contribution in [0.5, 0.6) is 0 Å². The SMILES string of the molecule is N#Cc1cccnc1NCCOC(=O)CCn1cnc2ccccc2c1=O. The van der Waals surface area contributed by atoms with E-state index in [2.05, 4.69) is 15.3 Å². The maximum Gasteiger partial charge on any atom is 0.307 e. The van der Waals surface area contributed by atoms with Crippen LogP contribution >= 0.6 is 0 Å². The highest BCUT2D eigenvalue weighted by Crippen LogP contribution is 2.09. The van der Waals surface area contributed by atoms with Crippen LogP contribution in [0.2, 0.25) is 0 Å². The molecule has 0 aliphatic carbocycles.